The van der Waals surface area contributed by atoms with Crippen LogP contribution in [0.15, 0.2) is 27.1 Å². The molecule has 1 aromatic rings. The van der Waals surface area contributed by atoms with Crippen LogP contribution in [0.3, 0.4) is 0 Å². The predicted molar refractivity (Wildman–Crippen MR) is 83.6 cm³/mol. The van der Waals surface area contributed by atoms with Gasteiger partial charge in [-0.2, -0.15) is 0 Å². The van der Waals surface area contributed by atoms with Crippen molar-refractivity contribution >= 4 is 31.9 Å². The van der Waals surface area contributed by atoms with Crippen LogP contribution in [0.5, 0.6) is 0 Å². The number of rotatable bonds is 3. The van der Waals surface area contributed by atoms with Gasteiger partial charge < -0.3 is 5.73 Å². The Kier molecular flexibility index (Phi) is 5.24. The van der Waals surface area contributed by atoms with Gasteiger partial charge in [-0.05, 0) is 87.9 Å². The molecule has 2 N–H and O–H groups in total. The van der Waals surface area contributed by atoms with E-state index in [9.17, 15) is 0 Å². The second-order valence-corrected chi connectivity index (χ2v) is 6.59. The van der Waals surface area contributed by atoms with Crippen LogP contribution in [-0.2, 0) is 0 Å². The van der Waals surface area contributed by atoms with Crippen molar-refractivity contribution in [3.8, 4) is 0 Å². The Bertz CT molecular complexity index is 397. The van der Waals surface area contributed by atoms with Gasteiger partial charge in [0, 0.05) is 15.0 Å². The van der Waals surface area contributed by atoms with E-state index in [0.29, 0.717) is 12.0 Å². The van der Waals surface area contributed by atoms with Crippen LogP contribution in [-0.4, -0.2) is 24.5 Å². The molecule has 1 fully saturated rings. The first-order valence-electron chi connectivity index (χ1n) is 6.56. The van der Waals surface area contributed by atoms with E-state index in [4.69, 9.17) is 5.73 Å². The number of halogens is 2. The summed E-state index contributed by atoms with van der Waals surface area (Å²) in [7, 11) is 0. The zero-order chi connectivity index (χ0) is 13.1. The standard InChI is InChI=1S/C14H20Br2N2/c1-2-18-7-3-4-11(9-17)14(18)10-5-6-12(15)13(16)8-10/h5-6,8,11,14H,2-4,7,9,17H2,1H3. The largest absolute Gasteiger partial charge is 0.330 e. The molecule has 1 aliphatic heterocycles. The van der Waals surface area contributed by atoms with Crippen LogP contribution < -0.4 is 5.73 Å². The van der Waals surface area contributed by atoms with E-state index in [1.807, 2.05) is 0 Å². The van der Waals surface area contributed by atoms with Crippen molar-refractivity contribution < 1.29 is 0 Å². The zero-order valence-electron chi connectivity index (χ0n) is 10.7. The van der Waals surface area contributed by atoms with Gasteiger partial charge in [-0.1, -0.05) is 13.0 Å². The first-order chi connectivity index (χ1) is 8.67. The number of likely N-dealkylation sites (tertiary alicyclic amines) is 1. The van der Waals surface area contributed by atoms with E-state index in [-0.39, 0.29) is 0 Å². The average Bonchev–Trinajstić information content (AvgIpc) is 2.41. The molecule has 0 radical (unpaired) electrons. The van der Waals surface area contributed by atoms with Crippen LogP contribution in [0.25, 0.3) is 0 Å². The van der Waals surface area contributed by atoms with E-state index >= 15 is 0 Å². The molecule has 18 heavy (non-hydrogen) atoms. The maximum absolute atomic E-state index is 5.97. The Labute approximate surface area is 126 Å². The van der Waals surface area contributed by atoms with Crippen LogP contribution in [0.2, 0.25) is 0 Å². The van der Waals surface area contributed by atoms with E-state index in [2.05, 4.69) is 61.9 Å². The topological polar surface area (TPSA) is 29.3 Å². The van der Waals surface area contributed by atoms with Crippen LogP contribution in [0, 0.1) is 5.92 Å². The summed E-state index contributed by atoms with van der Waals surface area (Å²) in [6.07, 6.45) is 2.51. The summed E-state index contributed by atoms with van der Waals surface area (Å²) in [6, 6.07) is 7.04. The van der Waals surface area contributed by atoms with Crippen molar-refractivity contribution in [1.29, 1.82) is 0 Å². The molecule has 0 bridgehead atoms. The fraction of sp³-hybridized carbons (Fsp3) is 0.571. The van der Waals surface area contributed by atoms with Crippen molar-refractivity contribution in [2.75, 3.05) is 19.6 Å². The molecule has 1 heterocycles. The van der Waals surface area contributed by atoms with Gasteiger partial charge in [-0.25, -0.2) is 0 Å². The molecule has 100 valence electrons. The van der Waals surface area contributed by atoms with Crippen molar-refractivity contribution in [3.63, 3.8) is 0 Å². The lowest BCUT2D eigenvalue weighted by Crippen LogP contribution is -2.41. The summed E-state index contributed by atoms with van der Waals surface area (Å²) in [5.74, 6) is 0.576. The Morgan fingerprint density at radius 3 is 2.72 bits per heavy atom. The molecule has 1 saturated heterocycles. The molecular weight excluding hydrogens is 356 g/mol. The van der Waals surface area contributed by atoms with Gasteiger partial charge in [0.15, 0.2) is 0 Å². The van der Waals surface area contributed by atoms with Crippen molar-refractivity contribution in [2.45, 2.75) is 25.8 Å². The molecule has 0 spiro atoms. The molecule has 0 aromatic heterocycles. The minimum absolute atomic E-state index is 0.471. The van der Waals surface area contributed by atoms with Gasteiger partial charge in [0.2, 0.25) is 0 Å². The molecule has 1 aliphatic rings. The zero-order valence-corrected chi connectivity index (χ0v) is 13.9. The number of nitrogens with two attached hydrogens (primary N) is 1. The summed E-state index contributed by atoms with van der Waals surface area (Å²) in [5.41, 5.74) is 7.35. The number of piperidine rings is 1. The highest BCUT2D eigenvalue weighted by molar-refractivity contribution is 9.13. The average molecular weight is 376 g/mol. The summed E-state index contributed by atoms with van der Waals surface area (Å²) < 4.78 is 2.23. The normalized spacial score (nSPS) is 25.3. The molecule has 2 atom stereocenters. The van der Waals surface area contributed by atoms with Crippen molar-refractivity contribution in [1.82, 2.24) is 4.90 Å². The van der Waals surface area contributed by atoms with Crippen LogP contribution >= 0.6 is 31.9 Å². The lowest BCUT2D eigenvalue weighted by molar-refractivity contribution is 0.102. The second-order valence-electron chi connectivity index (χ2n) is 4.88. The van der Waals surface area contributed by atoms with E-state index in [0.717, 1.165) is 22.0 Å². The van der Waals surface area contributed by atoms with Gasteiger partial charge in [0.25, 0.3) is 0 Å². The van der Waals surface area contributed by atoms with Gasteiger partial charge >= 0.3 is 0 Å². The maximum atomic E-state index is 5.97. The second kappa shape index (κ2) is 6.51. The third-order valence-corrected chi connectivity index (χ3v) is 5.73. The van der Waals surface area contributed by atoms with E-state index < -0.39 is 0 Å². The highest BCUT2D eigenvalue weighted by Gasteiger charge is 2.30. The Morgan fingerprint density at radius 2 is 2.11 bits per heavy atom. The number of nitrogens with zero attached hydrogens (tertiary/aromatic N) is 1. The third-order valence-electron chi connectivity index (χ3n) is 3.85. The van der Waals surface area contributed by atoms with Crippen molar-refractivity contribution in [3.05, 3.63) is 32.7 Å². The van der Waals surface area contributed by atoms with Crippen molar-refractivity contribution in [2.24, 2.45) is 11.7 Å². The smallest absolute Gasteiger partial charge is 0.0388 e. The maximum Gasteiger partial charge on any atom is 0.0388 e. The summed E-state index contributed by atoms with van der Waals surface area (Å²) >= 11 is 7.13. The number of benzene rings is 1. The van der Waals surface area contributed by atoms with E-state index in [1.165, 1.54) is 24.9 Å². The molecule has 0 aliphatic carbocycles. The molecule has 4 heteroatoms. The molecular formula is C14H20Br2N2. The number of hydrogen-bond donors (Lipinski definition) is 1. The first-order valence-corrected chi connectivity index (χ1v) is 8.15. The highest BCUT2D eigenvalue weighted by atomic mass is 79.9. The minimum Gasteiger partial charge on any atom is -0.330 e. The lowest BCUT2D eigenvalue weighted by atomic mass is 9.85. The predicted octanol–water partition coefficient (Wildman–Crippen LogP) is 3.94. The van der Waals surface area contributed by atoms with Gasteiger partial charge in [-0.15, -0.1) is 0 Å². The molecule has 2 nitrogen and oxygen atoms in total. The number of hydrogen-bond acceptors (Lipinski definition) is 2. The van der Waals surface area contributed by atoms with Crippen LogP contribution in [0.4, 0.5) is 0 Å². The Morgan fingerprint density at radius 1 is 1.33 bits per heavy atom. The van der Waals surface area contributed by atoms with Crippen LogP contribution in [0.1, 0.15) is 31.4 Å². The fourth-order valence-corrected chi connectivity index (χ4v) is 3.58. The Hall–Kier alpha value is 0.1000. The van der Waals surface area contributed by atoms with Gasteiger partial charge in [0.05, 0.1) is 0 Å². The summed E-state index contributed by atoms with van der Waals surface area (Å²) in [4.78, 5) is 2.55. The highest BCUT2D eigenvalue weighted by Crippen LogP contribution is 2.37. The third kappa shape index (κ3) is 2.98. The monoisotopic (exact) mass is 374 g/mol. The molecule has 2 unspecified atom stereocenters. The molecule has 0 amide bonds. The minimum atomic E-state index is 0.471. The fourth-order valence-electron chi connectivity index (χ4n) is 2.93. The quantitative estimate of drug-likeness (QED) is 0.866. The molecule has 2 rings (SSSR count). The van der Waals surface area contributed by atoms with E-state index in [1.54, 1.807) is 0 Å². The molecule has 1 aromatic carbocycles. The SMILES string of the molecule is CCN1CCCC(CN)C1c1ccc(Br)c(Br)c1. The molecule has 0 saturated carbocycles. The Balaban J connectivity index is 2.32. The first kappa shape index (κ1) is 14.5. The lowest BCUT2D eigenvalue weighted by Gasteiger charge is -2.41. The summed E-state index contributed by atoms with van der Waals surface area (Å²) in [5, 5.41) is 0. The van der Waals surface area contributed by atoms with Gasteiger partial charge in [-0.3, -0.25) is 4.90 Å². The summed E-state index contributed by atoms with van der Waals surface area (Å²) in [6.45, 7) is 5.29. The van der Waals surface area contributed by atoms with Gasteiger partial charge in [0.1, 0.15) is 0 Å².